The number of hydrogen-bond acceptors (Lipinski definition) is 4. The molecule has 0 spiro atoms. The van der Waals surface area contributed by atoms with Gasteiger partial charge in [-0.15, -0.1) is 10.2 Å². The fourth-order valence-corrected chi connectivity index (χ4v) is 1.89. The summed E-state index contributed by atoms with van der Waals surface area (Å²) in [6, 6.07) is 10.4. The van der Waals surface area contributed by atoms with Gasteiger partial charge in [-0.3, -0.25) is 4.79 Å². The van der Waals surface area contributed by atoms with Crippen molar-refractivity contribution in [3.63, 3.8) is 0 Å². The lowest BCUT2D eigenvalue weighted by molar-refractivity contribution is 0.102. The maximum Gasteiger partial charge on any atom is 0.276 e. The van der Waals surface area contributed by atoms with Crippen LogP contribution in [-0.4, -0.2) is 25.7 Å². The molecule has 0 bridgehead atoms. The maximum atomic E-state index is 12.0. The van der Waals surface area contributed by atoms with E-state index in [1.54, 1.807) is 18.6 Å². The number of nitrogens with one attached hydrogen (secondary N) is 1. The third kappa shape index (κ3) is 3.06. The first-order valence-electron chi connectivity index (χ1n) is 6.11. The minimum atomic E-state index is -0.345. The second-order valence-corrected chi connectivity index (χ2v) is 4.60. The van der Waals surface area contributed by atoms with Gasteiger partial charge >= 0.3 is 0 Å². The van der Waals surface area contributed by atoms with Gasteiger partial charge in [0.2, 0.25) is 0 Å². The second-order valence-electron chi connectivity index (χ2n) is 4.22. The first-order valence-corrected chi connectivity index (χ1v) is 6.49. The predicted octanol–water partition coefficient (Wildman–Crippen LogP) is 2.57. The summed E-state index contributed by atoms with van der Waals surface area (Å²) in [5.41, 5.74) is 1.75. The van der Waals surface area contributed by atoms with Crippen LogP contribution in [-0.2, 0) is 0 Å². The van der Waals surface area contributed by atoms with E-state index >= 15 is 0 Å². The summed E-state index contributed by atoms with van der Waals surface area (Å²) in [4.78, 5) is 16.0. The Kier molecular flexibility index (Phi) is 3.61. The first-order chi connectivity index (χ1) is 10.2. The number of benzene rings is 1. The Balaban J connectivity index is 1.80. The molecule has 21 heavy (non-hydrogen) atoms. The number of anilines is 1. The van der Waals surface area contributed by atoms with Crippen molar-refractivity contribution in [1.82, 2.24) is 19.7 Å². The average molecular weight is 300 g/mol. The largest absolute Gasteiger partial charge is 0.321 e. The molecule has 0 saturated heterocycles. The summed E-state index contributed by atoms with van der Waals surface area (Å²) >= 11 is 5.64. The number of amides is 1. The van der Waals surface area contributed by atoms with Crippen molar-refractivity contribution < 1.29 is 4.79 Å². The van der Waals surface area contributed by atoms with Gasteiger partial charge in [0.25, 0.3) is 5.91 Å². The molecule has 0 radical (unpaired) electrons. The molecule has 0 aliphatic heterocycles. The molecular weight excluding hydrogens is 290 g/mol. The van der Waals surface area contributed by atoms with Gasteiger partial charge in [0.05, 0.1) is 6.33 Å². The Bertz CT molecular complexity index is 755. The Hall–Kier alpha value is -2.73. The number of hydrogen-bond donors (Lipinski definition) is 1. The maximum absolute atomic E-state index is 12.0. The molecule has 7 heteroatoms. The van der Waals surface area contributed by atoms with Crippen molar-refractivity contribution in [2.75, 3.05) is 5.32 Å². The van der Waals surface area contributed by atoms with E-state index in [1.165, 1.54) is 12.1 Å². The standard InChI is InChI=1S/C14H10ClN5O/c15-13-5-4-12(18-19-13)14(21)17-10-2-1-3-11(8-10)20-7-6-16-9-20/h1-9H,(H,17,21). The van der Waals surface area contributed by atoms with Gasteiger partial charge in [-0.05, 0) is 30.3 Å². The van der Waals surface area contributed by atoms with Crippen LogP contribution in [0.3, 0.4) is 0 Å². The van der Waals surface area contributed by atoms with Crippen LogP contribution < -0.4 is 5.32 Å². The van der Waals surface area contributed by atoms with Gasteiger partial charge in [0.1, 0.15) is 0 Å². The quantitative estimate of drug-likeness (QED) is 0.806. The Morgan fingerprint density at radius 3 is 2.81 bits per heavy atom. The molecule has 1 aromatic carbocycles. The zero-order valence-electron chi connectivity index (χ0n) is 10.8. The third-order valence-electron chi connectivity index (χ3n) is 2.77. The summed E-state index contributed by atoms with van der Waals surface area (Å²) in [6.07, 6.45) is 5.20. The Morgan fingerprint density at radius 2 is 2.10 bits per heavy atom. The number of carbonyl (C=O) groups is 1. The molecule has 0 fully saturated rings. The molecule has 0 aliphatic carbocycles. The van der Waals surface area contributed by atoms with Crippen molar-refractivity contribution in [2.45, 2.75) is 0 Å². The van der Waals surface area contributed by atoms with Gasteiger partial charge < -0.3 is 9.88 Å². The molecular formula is C14H10ClN5O. The Morgan fingerprint density at radius 1 is 1.19 bits per heavy atom. The SMILES string of the molecule is O=C(Nc1cccc(-n2ccnc2)c1)c1ccc(Cl)nn1. The minimum Gasteiger partial charge on any atom is -0.321 e. The van der Waals surface area contributed by atoms with Gasteiger partial charge in [0, 0.05) is 23.8 Å². The molecule has 0 atom stereocenters. The number of imidazole rings is 1. The fraction of sp³-hybridized carbons (Fsp3) is 0. The van der Waals surface area contributed by atoms with Crippen LogP contribution in [0.2, 0.25) is 5.15 Å². The van der Waals surface area contributed by atoms with Gasteiger partial charge in [0.15, 0.2) is 10.8 Å². The Labute approximate surface area is 125 Å². The van der Waals surface area contributed by atoms with Crippen LogP contribution >= 0.6 is 11.6 Å². The van der Waals surface area contributed by atoms with E-state index < -0.39 is 0 Å². The van der Waals surface area contributed by atoms with Crippen molar-refractivity contribution in [2.24, 2.45) is 0 Å². The number of rotatable bonds is 3. The topological polar surface area (TPSA) is 72.7 Å². The van der Waals surface area contributed by atoms with E-state index in [1.807, 2.05) is 29.0 Å². The van der Waals surface area contributed by atoms with E-state index in [-0.39, 0.29) is 16.8 Å². The van der Waals surface area contributed by atoms with Crippen LogP contribution in [0, 0.1) is 0 Å². The first kappa shape index (κ1) is 13.3. The van der Waals surface area contributed by atoms with Crippen LogP contribution in [0.25, 0.3) is 5.69 Å². The zero-order valence-corrected chi connectivity index (χ0v) is 11.5. The van der Waals surface area contributed by atoms with E-state index in [0.717, 1.165) is 5.69 Å². The molecule has 0 unspecified atom stereocenters. The van der Waals surface area contributed by atoms with Crippen molar-refractivity contribution in [3.8, 4) is 5.69 Å². The molecule has 3 aromatic rings. The lowest BCUT2D eigenvalue weighted by Crippen LogP contribution is -2.14. The molecule has 0 aliphatic rings. The summed E-state index contributed by atoms with van der Waals surface area (Å²) in [5.74, 6) is -0.345. The van der Waals surface area contributed by atoms with Crippen LogP contribution in [0.4, 0.5) is 5.69 Å². The second kappa shape index (κ2) is 5.72. The van der Waals surface area contributed by atoms with E-state index in [9.17, 15) is 4.79 Å². The lowest BCUT2D eigenvalue weighted by atomic mass is 10.2. The van der Waals surface area contributed by atoms with E-state index in [4.69, 9.17) is 11.6 Å². The molecule has 3 rings (SSSR count). The van der Waals surface area contributed by atoms with Crippen LogP contribution in [0.15, 0.2) is 55.1 Å². The fourth-order valence-electron chi connectivity index (χ4n) is 1.79. The van der Waals surface area contributed by atoms with Crippen LogP contribution in [0.5, 0.6) is 0 Å². The summed E-state index contributed by atoms with van der Waals surface area (Å²) < 4.78 is 1.84. The normalized spacial score (nSPS) is 10.3. The smallest absolute Gasteiger partial charge is 0.276 e. The third-order valence-corrected chi connectivity index (χ3v) is 2.97. The highest BCUT2D eigenvalue weighted by Gasteiger charge is 2.08. The summed E-state index contributed by atoms with van der Waals surface area (Å²) in [6.45, 7) is 0. The van der Waals surface area contributed by atoms with Crippen molar-refractivity contribution in [3.05, 3.63) is 66.0 Å². The molecule has 1 N–H and O–H groups in total. The average Bonchev–Trinajstić information content (AvgIpc) is 3.02. The van der Waals surface area contributed by atoms with Crippen molar-refractivity contribution >= 4 is 23.2 Å². The highest BCUT2D eigenvalue weighted by molar-refractivity contribution is 6.29. The predicted molar refractivity (Wildman–Crippen MR) is 78.6 cm³/mol. The van der Waals surface area contributed by atoms with Gasteiger partial charge in [-0.25, -0.2) is 4.98 Å². The highest BCUT2D eigenvalue weighted by atomic mass is 35.5. The molecule has 6 nitrogen and oxygen atoms in total. The monoisotopic (exact) mass is 299 g/mol. The highest BCUT2D eigenvalue weighted by Crippen LogP contribution is 2.15. The number of carbonyl (C=O) groups excluding carboxylic acids is 1. The van der Waals surface area contributed by atoms with E-state index in [2.05, 4.69) is 20.5 Å². The number of halogens is 1. The lowest BCUT2D eigenvalue weighted by Gasteiger charge is -2.07. The molecule has 2 aromatic heterocycles. The number of aromatic nitrogens is 4. The minimum absolute atomic E-state index is 0.201. The summed E-state index contributed by atoms with van der Waals surface area (Å²) in [5, 5.41) is 10.4. The van der Waals surface area contributed by atoms with E-state index in [0.29, 0.717) is 5.69 Å². The van der Waals surface area contributed by atoms with Gasteiger partial charge in [-0.1, -0.05) is 17.7 Å². The molecule has 2 heterocycles. The van der Waals surface area contributed by atoms with Crippen LogP contribution in [0.1, 0.15) is 10.5 Å². The molecule has 104 valence electrons. The molecule has 1 amide bonds. The number of nitrogens with zero attached hydrogens (tertiary/aromatic N) is 4. The zero-order chi connectivity index (χ0) is 14.7. The van der Waals surface area contributed by atoms with Gasteiger partial charge in [-0.2, -0.15) is 0 Å². The molecule has 0 saturated carbocycles. The van der Waals surface area contributed by atoms with Crippen molar-refractivity contribution in [1.29, 1.82) is 0 Å². The summed E-state index contributed by atoms with van der Waals surface area (Å²) in [7, 11) is 0.